The lowest BCUT2D eigenvalue weighted by atomic mass is 9.84. The van der Waals surface area contributed by atoms with Crippen LogP contribution in [0, 0.1) is 11.8 Å². The Morgan fingerprint density at radius 2 is 1.27 bits per heavy atom. The molecule has 3 nitrogen and oxygen atoms in total. The summed E-state index contributed by atoms with van der Waals surface area (Å²) in [5.41, 5.74) is 9.78. The van der Waals surface area contributed by atoms with Crippen LogP contribution < -0.4 is 11.5 Å². The van der Waals surface area contributed by atoms with E-state index in [1.54, 1.807) is 6.92 Å². The first-order chi connectivity index (χ1) is 6.52. The van der Waals surface area contributed by atoms with Crippen molar-refractivity contribution in [2.75, 3.05) is 0 Å². The summed E-state index contributed by atoms with van der Waals surface area (Å²) in [6, 6.07) is 0. The molecule has 2 unspecified atom stereocenters. The standard InChI is InChI=1S/C8H16.C2H8N2.C2H6.H2O/c1-7-4-3-5-8(2)6-7;1-2(3)4;1-2;/h7-8H,3-6H2,1-2H3;2H,3-4H2,1H3;1-2H3;1H2. The summed E-state index contributed by atoms with van der Waals surface area (Å²) in [6.07, 6.45) is 5.73. The topological polar surface area (TPSA) is 83.5 Å². The van der Waals surface area contributed by atoms with Crippen LogP contribution in [0.25, 0.3) is 0 Å². The Kier molecular flexibility index (Phi) is 18.8. The first kappa shape index (κ1) is 20.3. The molecule has 0 aromatic carbocycles. The van der Waals surface area contributed by atoms with Crippen molar-refractivity contribution >= 4 is 0 Å². The van der Waals surface area contributed by atoms with E-state index in [4.69, 9.17) is 11.5 Å². The van der Waals surface area contributed by atoms with E-state index in [1.165, 1.54) is 25.7 Å². The van der Waals surface area contributed by atoms with Crippen LogP contribution in [0.3, 0.4) is 0 Å². The smallest absolute Gasteiger partial charge is 0.0491 e. The summed E-state index contributed by atoms with van der Waals surface area (Å²) in [7, 11) is 0. The Morgan fingerprint density at radius 1 is 1.00 bits per heavy atom. The maximum Gasteiger partial charge on any atom is 0.0491 e. The quantitative estimate of drug-likeness (QED) is 0.614. The molecule has 96 valence electrons. The minimum Gasteiger partial charge on any atom is -0.412 e. The molecule has 15 heavy (non-hydrogen) atoms. The Balaban J connectivity index is -0.000000179. The molecule has 6 N–H and O–H groups in total. The molecule has 0 spiro atoms. The third-order valence-corrected chi connectivity index (χ3v) is 2.20. The van der Waals surface area contributed by atoms with Gasteiger partial charge in [0, 0.05) is 6.17 Å². The predicted molar refractivity (Wildman–Crippen MR) is 69.6 cm³/mol. The largest absolute Gasteiger partial charge is 0.412 e. The number of nitrogens with two attached hydrogens (primary N) is 2. The average molecular weight is 220 g/mol. The Labute approximate surface area is 95.9 Å². The molecular weight excluding hydrogens is 188 g/mol. The van der Waals surface area contributed by atoms with E-state index < -0.39 is 0 Å². The molecule has 0 saturated heterocycles. The maximum atomic E-state index is 4.89. The highest BCUT2D eigenvalue weighted by molar-refractivity contribution is 4.66. The van der Waals surface area contributed by atoms with Crippen LogP contribution in [0.2, 0.25) is 0 Å². The molecule has 0 aromatic rings. The van der Waals surface area contributed by atoms with Crippen LogP contribution in [-0.4, -0.2) is 11.6 Å². The first-order valence-electron chi connectivity index (χ1n) is 6.03. The van der Waals surface area contributed by atoms with Crippen LogP contribution in [0.4, 0.5) is 0 Å². The highest BCUT2D eigenvalue weighted by Gasteiger charge is 2.13. The molecule has 1 aliphatic rings. The van der Waals surface area contributed by atoms with Crippen molar-refractivity contribution in [3.05, 3.63) is 0 Å². The van der Waals surface area contributed by atoms with Crippen molar-refractivity contribution in [2.24, 2.45) is 23.3 Å². The second-order valence-corrected chi connectivity index (χ2v) is 4.24. The van der Waals surface area contributed by atoms with Gasteiger partial charge in [0.25, 0.3) is 0 Å². The number of hydrogen-bond donors (Lipinski definition) is 2. The zero-order chi connectivity index (χ0) is 11.6. The average Bonchev–Trinajstić information content (AvgIpc) is 2.06. The lowest BCUT2D eigenvalue weighted by Gasteiger charge is -2.22. The molecule has 2 atom stereocenters. The summed E-state index contributed by atoms with van der Waals surface area (Å²) in [6.45, 7) is 10.5. The van der Waals surface area contributed by atoms with E-state index in [-0.39, 0.29) is 11.6 Å². The van der Waals surface area contributed by atoms with Gasteiger partial charge in [-0.1, -0.05) is 47.0 Å². The normalized spacial score (nSPS) is 24.0. The minimum absolute atomic E-state index is 0. The zero-order valence-electron chi connectivity index (χ0n) is 11.2. The van der Waals surface area contributed by atoms with Crippen LogP contribution in [0.1, 0.15) is 60.3 Å². The summed E-state index contributed by atoms with van der Waals surface area (Å²) in [5.74, 6) is 2.03. The SMILES string of the molecule is CC.CC(N)N.CC1CCCC(C)C1.O. The molecule has 0 heterocycles. The van der Waals surface area contributed by atoms with Gasteiger partial charge in [0.15, 0.2) is 0 Å². The van der Waals surface area contributed by atoms with E-state index in [0.29, 0.717) is 0 Å². The van der Waals surface area contributed by atoms with E-state index in [1.807, 2.05) is 13.8 Å². The molecule has 0 amide bonds. The lowest BCUT2D eigenvalue weighted by molar-refractivity contribution is 0.301. The predicted octanol–water partition coefficient (Wildman–Crippen LogP) is 2.28. The summed E-state index contributed by atoms with van der Waals surface area (Å²) >= 11 is 0. The van der Waals surface area contributed by atoms with Gasteiger partial charge in [0.2, 0.25) is 0 Å². The summed E-state index contributed by atoms with van der Waals surface area (Å²) in [4.78, 5) is 0. The Morgan fingerprint density at radius 3 is 1.40 bits per heavy atom. The van der Waals surface area contributed by atoms with Gasteiger partial charge >= 0.3 is 0 Å². The summed E-state index contributed by atoms with van der Waals surface area (Å²) in [5, 5.41) is 0. The fourth-order valence-electron chi connectivity index (χ4n) is 1.74. The van der Waals surface area contributed by atoms with Gasteiger partial charge in [-0.2, -0.15) is 0 Å². The molecule has 3 heteroatoms. The van der Waals surface area contributed by atoms with E-state index >= 15 is 0 Å². The molecule has 1 aliphatic carbocycles. The van der Waals surface area contributed by atoms with E-state index in [0.717, 1.165) is 11.8 Å². The molecule has 0 bridgehead atoms. The fourth-order valence-corrected chi connectivity index (χ4v) is 1.74. The third-order valence-electron chi connectivity index (χ3n) is 2.20. The molecule has 1 rings (SSSR count). The van der Waals surface area contributed by atoms with Crippen LogP contribution >= 0.6 is 0 Å². The highest BCUT2D eigenvalue weighted by atomic mass is 16.0. The van der Waals surface area contributed by atoms with Gasteiger partial charge in [-0.15, -0.1) is 0 Å². The Bertz CT molecular complexity index is 97.0. The molecule has 0 radical (unpaired) electrons. The van der Waals surface area contributed by atoms with Crippen LogP contribution in [-0.2, 0) is 0 Å². The first-order valence-corrected chi connectivity index (χ1v) is 6.03. The van der Waals surface area contributed by atoms with Crippen LogP contribution in [0.15, 0.2) is 0 Å². The monoisotopic (exact) mass is 220 g/mol. The summed E-state index contributed by atoms with van der Waals surface area (Å²) < 4.78 is 0. The number of rotatable bonds is 0. The third kappa shape index (κ3) is 20.1. The second-order valence-electron chi connectivity index (χ2n) is 4.24. The van der Waals surface area contributed by atoms with Gasteiger partial charge in [-0.05, 0) is 25.2 Å². The molecule has 1 fully saturated rings. The fraction of sp³-hybridized carbons (Fsp3) is 1.00. The van der Waals surface area contributed by atoms with Crippen LogP contribution in [0.5, 0.6) is 0 Å². The highest BCUT2D eigenvalue weighted by Crippen LogP contribution is 2.27. The minimum atomic E-state index is -0.167. The van der Waals surface area contributed by atoms with Gasteiger partial charge in [0.1, 0.15) is 0 Å². The maximum absolute atomic E-state index is 4.89. The van der Waals surface area contributed by atoms with Crippen molar-refractivity contribution in [1.29, 1.82) is 0 Å². The Hall–Kier alpha value is -0.120. The van der Waals surface area contributed by atoms with Gasteiger partial charge in [-0.3, -0.25) is 0 Å². The van der Waals surface area contributed by atoms with Gasteiger partial charge in [-0.25, -0.2) is 0 Å². The van der Waals surface area contributed by atoms with E-state index in [9.17, 15) is 0 Å². The second kappa shape index (κ2) is 13.9. The van der Waals surface area contributed by atoms with Crippen molar-refractivity contribution < 1.29 is 5.48 Å². The van der Waals surface area contributed by atoms with Crippen molar-refractivity contribution in [3.8, 4) is 0 Å². The van der Waals surface area contributed by atoms with Crippen molar-refractivity contribution in [2.45, 2.75) is 66.5 Å². The van der Waals surface area contributed by atoms with E-state index in [2.05, 4.69) is 13.8 Å². The molecule has 0 aliphatic heterocycles. The zero-order valence-corrected chi connectivity index (χ0v) is 11.2. The lowest BCUT2D eigenvalue weighted by Crippen LogP contribution is -2.25. The van der Waals surface area contributed by atoms with Crippen molar-refractivity contribution in [1.82, 2.24) is 0 Å². The molecular formula is C12H32N2O. The van der Waals surface area contributed by atoms with Crippen molar-refractivity contribution in [3.63, 3.8) is 0 Å². The van der Waals surface area contributed by atoms with Gasteiger partial charge in [0.05, 0.1) is 0 Å². The number of hydrogen-bond acceptors (Lipinski definition) is 2. The molecule has 1 saturated carbocycles. The molecule has 0 aromatic heterocycles. The van der Waals surface area contributed by atoms with Gasteiger partial charge < -0.3 is 16.9 Å².